The minimum Gasteiger partial charge on any atom is -0.492 e. The number of amides is 2. The Hall–Kier alpha value is -2.07. The first kappa shape index (κ1) is 19.7. The average Bonchev–Trinajstić information content (AvgIpc) is 2.91. The molecule has 1 N–H and O–H groups in total. The Morgan fingerprint density at radius 2 is 1.93 bits per heavy atom. The maximum Gasteiger partial charge on any atom is 0.282 e. The number of benzene rings is 2. The summed E-state index contributed by atoms with van der Waals surface area (Å²) in [6, 6.07) is 10.7. The summed E-state index contributed by atoms with van der Waals surface area (Å²) in [6.45, 7) is 2.35. The quantitative estimate of drug-likeness (QED) is 0.353. The second kappa shape index (κ2) is 8.30. The van der Waals surface area contributed by atoms with Crippen molar-refractivity contribution in [1.82, 2.24) is 5.43 Å². The van der Waals surface area contributed by atoms with E-state index in [2.05, 4.69) is 43.9 Å². The van der Waals surface area contributed by atoms with E-state index in [0.29, 0.717) is 29.4 Å². The zero-order valence-corrected chi connectivity index (χ0v) is 18.3. The van der Waals surface area contributed by atoms with Gasteiger partial charge in [0.05, 0.1) is 23.0 Å². The molecule has 140 valence electrons. The summed E-state index contributed by atoms with van der Waals surface area (Å²) in [5.74, 6) is 0.325. The Morgan fingerprint density at radius 3 is 2.56 bits per heavy atom. The van der Waals surface area contributed by atoms with Gasteiger partial charge in [0.25, 0.3) is 11.8 Å². The highest BCUT2D eigenvalue weighted by Gasteiger charge is 2.34. The van der Waals surface area contributed by atoms with Crippen LogP contribution in [0.1, 0.15) is 12.5 Å². The van der Waals surface area contributed by atoms with E-state index in [-0.39, 0.29) is 5.57 Å². The van der Waals surface area contributed by atoms with Crippen molar-refractivity contribution < 1.29 is 19.1 Å². The molecule has 27 heavy (non-hydrogen) atoms. The molecule has 2 aromatic rings. The Balaban J connectivity index is 1.96. The van der Waals surface area contributed by atoms with E-state index in [4.69, 9.17) is 9.47 Å². The molecule has 1 saturated heterocycles. The van der Waals surface area contributed by atoms with Gasteiger partial charge in [-0.1, -0.05) is 15.9 Å². The smallest absolute Gasteiger partial charge is 0.282 e. The van der Waals surface area contributed by atoms with Crippen LogP contribution in [0.3, 0.4) is 0 Å². The van der Waals surface area contributed by atoms with E-state index in [1.807, 2.05) is 13.0 Å². The van der Waals surface area contributed by atoms with Crippen LogP contribution in [-0.2, 0) is 9.59 Å². The van der Waals surface area contributed by atoms with E-state index in [9.17, 15) is 9.59 Å². The molecule has 1 heterocycles. The second-order valence-corrected chi connectivity index (χ2v) is 7.66. The highest BCUT2D eigenvalue weighted by molar-refractivity contribution is 14.1. The van der Waals surface area contributed by atoms with Gasteiger partial charge in [0.1, 0.15) is 5.57 Å². The predicted octanol–water partition coefficient (Wildman–Crippen LogP) is 3.92. The Labute approximate surface area is 178 Å². The van der Waals surface area contributed by atoms with E-state index >= 15 is 0 Å². The summed E-state index contributed by atoms with van der Waals surface area (Å²) >= 11 is 5.48. The lowest BCUT2D eigenvalue weighted by atomic mass is 10.1. The molecule has 2 aromatic carbocycles. The van der Waals surface area contributed by atoms with Crippen LogP contribution in [0.2, 0.25) is 0 Å². The first-order chi connectivity index (χ1) is 12.9. The first-order valence-corrected chi connectivity index (χ1v) is 9.94. The maximum absolute atomic E-state index is 12.7. The number of hydrogen-bond donors (Lipinski definition) is 1. The van der Waals surface area contributed by atoms with Crippen LogP contribution in [0.5, 0.6) is 11.5 Å². The SMILES string of the molecule is CCOc1cc(C=C2C(=O)NN(c3ccc(Br)cc3)C2=O)cc(I)c1OC. The lowest BCUT2D eigenvalue weighted by Crippen LogP contribution is -2.35. The molecular formula is C19H16BrIN2O4. The van der Waals surface area contributed by atoms with Crippen molar-refractivity contribution in [2.24, 2.45) is 0 Å². The molecule has 0 unspecified atom stereocenters. The van der Waals surface area contributed by atoms with Crippen LogP contribution in [-0.4, -0.2) is 25.5 Å². The number of hydrazine groups is 1. The predicted molar refractivity (Wildman–Crippen MR) is 115 cm³/mol. The van der Waals surface area contributed by atoms with Gasteiger partial charge in [0.15, 0.2) is 11.5 Å². The summed E-state index contributed by atoms with van der Waals surface area (Å²) in [7, 11) is 1.57. The van der Waals surface area contributed by atoms with Crippen molar-refractivity contribution >= 4 is 62.1 Å². The van der Waals surface area contributed by atoms with Gasteiger partial charge in [0.2, 0.25) is 0 Å². The molecule has 0 aliphatic carbocycles. The van der Waals surface area contributed by atoms with Gasteiger partial charge in [-0.05, 0) is 77.6 Å². The number of carbonyl (C=O) groups is 2. The topological polar surface area (TPSA) is 67.9 Å². The molecule has 0 saturated carbocycles. The normalized spacial score (nSPS) is 15.3. The van der Waals surface area contributed by atoms with Crippen molar-refractivity contribution in [3.63, 3.8) is 0 Å². The summed E-state index contributed by atoms with van der Waals surface area (Å²) in [6.07, 6.45) is 1.56. The zero-order chi connectivity index (χ0) is 19.6. The Bertz CT molecular complexity index is 928. The second-order valence-electron chi connectivity index (χ2n) is 5.58. The number of anilines is 1. The van der Waals surface area contributed by atoms with Crippen molar-refractivity contribution in [3.05, 3.63) is 55.6 Å². The maximum atomic E-state index is 12.7. The van der Waals surface area contributed by atoms with Gasteiger partial charge >= 0.3 is 0 Å². The minimum atomic E-state index is -0.452. The van der Waals surface area contributed by atoms with Gasteiger partial charge in [-0.25, -0.2) is 5.01 Å². The number of halogens is 2. The van der Waals surface area contributed by atoms with Crippen LogP contribution >= 0.6 is 38.5 Å². The molecule has 0 bridgehead atoms. The van der Waals surface area contributed by atoms with Gasteiger partial charge in [-0.2, -0.15) is 0 Å². The fraction of sp³-hybridized carbons (Fsp3) is 0.158. The van der Waals surface area contributed by atoms with Crippen LogP contribution < -0.4 is 19.9 Å². The molecule has 6 nitrogen and oxygen atoms in total. The number of rotatable bonds is 5. The molecule has 1 fully saturated rings. The molecule has 1 aliphatic rings. The number of carbonyl (C=O) groups excluding carboxylic acids is 2. The molecule has 0 radical (unpaired) electrons. The van der Waals surface area contributed by atoms with E-state index in [1.165, 1.54) is 5.01 Å². The summed E-state index contributed by atoms with van der Waals surface area (Å²) in [5.41, 5.74) is 3.91. The lowest BCUT2D eigenvalue weighted by Gasteiger charge is -2.14. The fourth-order valence-electron chi connectivity index (χ4n) is 2.63. The van der Waals surface area contributed by atoms with Crippen molar-refractivity contribution in [2.75, 3.05) is 18.7 Å². The number of nitrogens with zero attached hydrogens (tertiary/aromatic N) is 1. The van der Waals surface area contributed by atoms with E-state index in [0.717, 1.165) is 8.04 Å². The summed E-state index contributed by atoms with van der Waals surface area (Å²) < 4.78 is 12.7. The number of hydrogen-bond acceptors (Lipinski definition) is 4. The van der Waals surface area contributed by atoms with E-state index < -0.39 is 11.8 Å². The largest absolute Gasteiger partial charge is 0.492 e. The molecule has 8 heteroatoms. The van der Waals surface area contributed by atoms with Crippen molar-refractivity contribution in [3.8, 4) is 11.5 Å². The summed E-state index contributed by atoms with van der Waals surface area (Å²) in [5, 5.41) is 1.23. The minimum absolute atomic E-state index is 0.0568. The van der Waals surface area contributed by atoms with E-state index in [1.54, 1.807) is 43.5 Å². The Morgan fingerprint density at radius 1 is 1.22 bits per heavy atom. The van der Waals surface area contributed by atoms with Crippen molar-refractivity contribution in [2.45, 2.75) is 6.92 Å². The van der Waals surface area contributed by atoms with Gasteiger partial charge in [-0.15, -0.1) is 0 Å². The third kappa shape index (κ3) is 4.11. The highest BCUT2D eigenvalue weighted by Crippen LogP contribution is 2.35. The van der Waals surface area contributed by atoms with Crippen molar-refractivity contribution in [1.29, 1.82) is 0 Å². The molecule has 1 aliphatic heterocycles. The first-order valence-electron chi connectivity index (χ1n) is 8.07. The molecule has 2 amide bonds. The molecular weight excluding hydrogens is 527 g/mol. The standard InChI is InChI=1S/C19H16BrIN2O4/c1-3-27-16-10-11(9-15(21)17(16)26-2)8-14-18(24)22-23(19(14)25)13-6-4-12(20)5-7-13/h4-10H,3H2,1-2H3,(H,22,24). The zero-order valence-electron chi connectivity index (χ0n) is 14.6. The number of methoxy groups -OCH3 is 1. The molecule has 0 aromatic heterocycles. The van der Waals surface area contributed by atoms with Crippen LogP contribution in [0.15, 0.2) is 46.4 Å². The van der Waals surface area contributed by atoms with Gasteiger partial charge < -0.3 is 9.47 Å². The van der Waals surface area contributed by atoms with Gasteiger partial charge in [-0.3, -0.25) is 15.0 Å². The van der Waals surface area contributed by atoms with Crippen LogP contribution in [0.4, 0.5) is 5.69 Å². The molecule has 0 atom stereocenters. The monoisotopic (exact) mass is 542 g/mol. The lowest BCUT2D eigenvalue weighted by molar-refractivity contribution is -0.117. The molecule has 0 spiro atoms. The number of ether oxygens (including phenoxy) is 2. The average molecular weight is 543 g/mol. The Kier molecular flexibility index (Phi) is 6.05. The third-order valence-electron chi connectivity index (χ3n) is 3.82. The van der Waals surface area contributed by atoms with Crippen LogP contribution in [0.25, 0.3) is 6.08 Å². The third-order valence-corrected chi connectivity index (χ3v) is 5.15. The van der Waals surface area contributed by atoms with Gasteiger partial charge in [0, 0.05) is 4.47 Å². The highest BCUT2D eigenvalue weighted by atomic mass is 127. The van der Waals surface area contributed by atoms with Crippen LogP contribution in [0, 0.1) is 3.57 Å². The molecule has 3 rings (SSSR count). The number of nitrogens with one attached hydrogen (secondary N) is 1. The summed E-state index contributed by atoms with van der Waals surface area (Å²) in [4.78, 5) is 25.1. The fourth-order valence-corrected chi connectivity index (χ4v) is 3.74.